The van der Waals surface area contributed by atoms with E-state index < -0.39 is 4.92 Å². The van der Waals surface area contributed by atoms with Crippen molar-refractivity contribution in [2.24, 2.45) is 0 Å². The molecule has 2 aromatic carbocycles. The van der Waals surface area contributed by atoms with Crippen LogP contribution in [0, 0.1) is 10.1 Å². The van der Waals surface area contributed by atoms with Crippen molar-refractivity contribution in [3.63, 3.8) is 0 Å². The molecule has 0 saturated carbocycles. The molecule has 92 valence electrons. The Bertz CT molecular complexity index is 534. The van der Waals surface area contributed by atoms with E-state index in [2.05, 4.69) is 0 Å². The Morgan fingerprint density at radius 3 is 2.22 bits per heavy atom. The topological polar surface area (TPSA) is 72.6 Å². The Morgan fingerprint density at radius 2 is 1.67 bits per heavy atom. The summed E-state index contributed by atoms with van der Waals surface area (Å²) in [5.74, 6) is 0.809. The predicted molar refractivity (Wildman–Crippen MR) is 65.5 cm³/mol. The molecule has 0 heterocycles. The fourth-order valence-corrected chi connectivity index (χ4v) is 1.42. The maximum Gasteiger partial charge on any atom is 0.269 e. The van der Waals surface area contributed by atoms with Crippen molar-refractivity contribution >= 4 is 5.69 Å². The van der Waals surface area contributed by atoms with Crippen LogP contribution >= 0.6 is 0 Å². The standard InChI is InChI=1S/C13H11NO4/c15-12-5-7-13(8-6-12)18-9-10-1-3-11(4-2-10)14(16)17/h1-8,15H,9H2. The van der Waals surface area contributed by atoms with Gasteiger partial charge in [-0.15, -0.1) is 0 Å². The number of benzene rings is 2. The smallest absolute Gasteiger partial charge is 0.269 e. The Kier molecular flexibility index (Phi) is 3.43. The van der Waals surface area contributed by atoms with E-state index in [0.29, 0.717) is 12.4 Å². The third-order valence-corrected chi connectivity index (χ3v) is 2.39. The molecule has 1 N–H and O–H groups in total. The van der Waals surface area contributed by atoms with Crippen LogP contribution in [0.15, 0.2) is 48.5 Å². The van der Waals surface area contributed by atoms with E-state index in [1.54, 1.807) is 24.3 Å². The molecule has 0 spiro atoms. The van der Waals surface area contributed by atoms with Gasteiger partial charge in [-0.3, -0.25) is 10.1 Å². The molecule has 0 saturated heterocycles. The zero-order valence-electron chi connectivity index (χ0n) is 9.45. The van der Waals surface area contributed by atoms with Gasteiger partial charge in [-0.1, -0.05) is 0 Å². The normalized spacial score (nSPS) is 10.0. The SMILES string of the molecule is O=[N+]([O-])c1ccc(COc2ccc(O)cc2)cc1. The maximum absolute atomic E-state index is 10.5. The molecule has 2 aromatic rings. The number of nitro groups is 1. The van der Waals surface area contributed by atoms with Crippen molar-refractivity contribution in [2.75, 3.05) is 0 Å². The van der Waals surface area contributed by atoms with Crippen LogP contribution in [-0.4, -0.2) is 10.0 Å². The summed E-state index contributed by atoms with van der Waals surface area (Å²) in [4.78, 5) is 10.0. The molecule has 0 bridgehead atoms. The lowest BCUT2D eigenvalue weighted by atomic mass is 10.2. The van der Waals surface area contributed by atoms with Gasteiger partial charge in [0.1, 0.15) is 18.1 Å². The van der Waals surface area contributed by atoms with Crippen LogP contribution in [-0.2, 0) is 6.61 Å². The number of nitro benzene ring substituents is 1. The van der Waals surface area contributed by atoms with Crippen molar-refractivity contribution in [3.8, 4) is 11.5 Å². The van der Waals surface area contributed by atoms with Gasteiger partial charge in [-0.25, -0.2) is 0 Å². The molecule has 18 heavy (non-hydrogen) atoms. The second kappa shape index (κ2) is 5.18. The highest BCUT2D eigenvalue weighted by Crippen LogP contribution is 2.18. The highest BCUT2D eigenvalue weighted by atomic mass is 16.6. The summed E-state index contributed by atoms with van der Waals surface area (Å²) in [5.41, 5.74) is 0.900. The minimum Gasteiger partial charge on any atom is -0.508 e. The average molecular weight is 245 g/mol. The lowest BCUT2D eigenvalue weighted by Gasteiger charge is -2.06. The number of hydrogen-bond acceptors (Lipinski definition) is 4. The second-order valence-corrected chi connectivity index (χ2v) is 3.71. The summed E-state index contributed by atoms with van der Waals surface area (Å²) in [5, 5.41) is 19.6. The molecule has 0 atom stereocenters. The Hall–Kier alpha value is -2.56. The minimum atomic E-state index is -0.440. The summed E-state index contributed by atoms with van der Waals surface area (Å²) in [6, 6.07) is 12.6. The number of non-ortho nitro benzene ring substituents is 1. The van der Waals surface area contributed by atoms with Gasteiger partial charge in [-0.05, 0) is 42.0 Å². The number of rotatable bonds is 4. The van der Waals surface area contributed by atoms with Crippen LogP contribution in [0.25, 0.3) is 0 Å². The van der Waals surface area contributed by atoms with E-state index >= 15 is 0 Å². The summed E-state index contributed by atoms with van der Waals surface area (Å²) < 4.78 is 5.47. The zero-order chi connectivity index (χ0) is 13.0. The average Bonchev–Trinajstić information content (AvgIpc) is 2.38. The van der Waals surface area contributed by atoms with Gasteiger partial charge < -0.3 is 9.84 Å². The van der Waals surface area contributed by atoms with Gasteiger partial charge in [0.25, 0.3) is 5.69 Å². The first-order valence-electron chi connectivity index (χ1n) is 5.30. The number of hydrogen-bond donors (Lipinski definition) is 1. The van der Waals surface area contributed by atoms with E-state index in [-0.39, 0.29) is 11.4 Å². The molecule has 0 unspecified atom stereocenters. The summed E-state index contributed by atoms with van der Waals surface area (Å²) in [7, 11) is 0. The van der Waals surface area contributed by atoms with Gasteiger partial charge in [0.2, 0.25) is 0 Å². The summed E-state index contributed by atoms with van der Waals surface area (Å²) in [6.45, 7) is 0.322. The fraction of sp³-hybridized carbons (Fsp3) is 0.0769. The van der Waals surface area contributed by atoms with Crippen LogP contribution in [0.4, 0.5) is 5.69 Å². The molecular formula is C13H11NO4. The summed E-state index contributed by atoms with van der Waals surface area (Å²) >= 11 is 0. The molecule has 0 aromatic heterocycles. The Balaban J connectivity index is 1.97. The minimum absolute atomic E-state index is 0.0587. The fourth-order valence-electron chi connectivity index (χ4n) is 1.42. The second-order valence-electron chi connectivity index (χ2n) is 3.71. The molecule has 0 fully saturated rings. The molecular weight excluding hydrogens is 234 g/mol. The highest BCUT2D eigenvalue weighted by molar-refractivity contribution is 5.33. The summed E-state index contributed by atoms with van der Waals surface area (Å²) in [6.07, 6.45) is 0. The number of phenolic OH excluding ortho intramolecular Hbond substituents is 1. The zero-order valence-corrected chi connectivity index (χ0v) is 9.45. The van der Waals surface area contributed by atoms with E-state index in [0.717, 1.165) is 5.56 Å². The van der Waals surface area contributed by atoms with Crippen molar-refractivity contribution in [1.29, 1.82) is 0 Å². The van der Waals surface area contributed by atoms with Crippen molar-refractivity contribution < 1.29 is 14.8 Å². The molecule has 0 aliphatic rings. The maximum atomic E-state index is 10.5. The van der Waals surface area contributed by atoms with Crippen LogP contribution in [0.2, 0.25) is 0 Å². The van der Waals surface area contributed by atoms with E-state index in [1.165, 1.54) is 24.3 Å². The first-order chi connectivity index (χ1) is 8.65. The van der Waals surface area contributed by atoms with Gasteiger partial charge in [0, 0.05) is 12.1 Å². The molecule has 0 radical (unpaired) electrons. The molecule has 2 rings (SSSR count). The number of ether oxygens (including phenoxy) is 1. The Labute approximate surface area is 103 Å². The molecule has 5 nitrogen and oxygen atoms in total. The third-order valence-electron chi connectivity index (χ3n) is 2.39. The largest absolute Gasteiger partial charge is 0.508 e. The molecule has 0 aliphatic heterocycles. The van der Waals surface area contributed by atoms with Crippen LogP contribution in [0.5, 0.6) is 11.5 Å². The molecule has 5 heteroatoms. The van der Waals surface area contributed by atoms with Gasteiger partial charge in [-0.2, -0.15) is 0 Å². The van der Waals surface area contributed by atoms with Crippen molar-refractivity contribution in [1.82, 2.24) is 0 Å². The van der Waals surface area contributed by atoms with Crippen LogP contribution in [0.1, 0.15) is 5.56 Å². The number of aromatic hydroxyl groups is 1. The lowest BCUT2D eigenvalue weighted by molar-refractivity contribution is -0.384. The molecule has 0 aliphatic carbocycles. The predicted octanol–water partition coefficient (Wildman–Crippen LogP) is 2.88. The first-order valence-corrected chi connectivity index (χ1v) is 5.30. The first kappa shape index (κ1) is 11.9. The van der Waals surface area contributed by atoms with Crippen LogP contribution in [0.3, 0.4) is 0 Å². The monoisotopic (exact) mass is 245 g/mol. The van der Waals surface area contributed by atoms with Crippen molar-refractivity contribution in [2.45, 2.75) is 6.61 Å². The van der Waals surface area contributed by atoms with Crippen molar-refractivity contribution in [3.05, 3.63) is 64.2 Å². The van der Waals surface area contributed by atoms with Gasteiger partial charge in [0.05, 0.1) is 4.92 Å². The van der Waals surface area contributed by atoms with E-state index in [4.69, 9.17) is 9.84 Å². The quantitative estimate of drug-likeness (QED) is 0.664. The lowest BCUT2D eigenvalue weighted by Crippen LogP contribution is -1.95. The highest BCUT2D eigenvalue weighted by Gasteiger charge is 2.04. The van der Waals surface area contributed by atoms with E-state index in [9.17, 15) is 10.1 Å². The molecule has 0 amide bonds. The van der Waals surface area contributed by atoms with Gasteiger partial charge in [0.15, 0.2) is 0 Å². The number of phenols is 1. The third kappa shape index (κ3) is 2.98. The number of nitrogens with zero attached hydrogens (tertiary/aromatic N) is 1. The van der Waals surface area contributed by atoms with E-state index in [1.807, 2.05) is 0 Å². The van der Waals surface area contributed by atoms with Gasteiger partial charge >= 0.3 is 0 Å². The Morgan fingerprint density at radius 1 is 1.06 bits per heavy atom. The van der Waals surface area contributed by atoms with Crippen LogP contribution < -0.4 is 4.74 Å².